The zero-order valence-corrected chi connectivity index (χ0v) is 12.8. The molecule has 0 N–H and O–H groups in total. The standard InChI is InChI=1S/C14H10F6O6/c1-24-10(21)9(26-12(23)14(18,19)20)6-7-2-4-8(5-3-7)25-11(22)13(15,16)17/h2-5,9H,6H2,1H3. The van der Waals surface area contributed by atoms with Crippen LogP contribution < -0.4 is 4.74 Å². The predicted molar refractivity (Wildman–Crippen MR) is 69.8 cm³/mol. The monoisotopic (exact) mass is 388 g/mol. The number of carbonyl (C=O) groups excluding carboxylic acids is 3. The van der Waals surface area contributed by atoms with Gasteiger partial charge in [0.05, 0.1) is 7.11 Å². The molecule has 0 aliphatic carbocycles. The minimum absolute atomic E-state index is 0.0992. The van der Waals surface area contributed by atoms with Gasteiger partial charge in [0.1, 0.15) is 5.75 Å². The quantitative estimate of drug-likeness (QED) is 0.438. The summed E-state index contributed by atoms with van der Waals surface area (Å²) in [5.74, 6) is -6.83. The van der Waals surface area contributed by atoms with Crippen LogP contribution in [0.5, 0.6) is 5.75 Å². The van der Waals surface area contributed by atoms with Crippen molar-refractivity contribution in [1.82, 2.24) is 0 Å². The molecule has 1 unspecified atom stereocenters. The van der Waals surface area contributed by atoms with Crippen molar-refractivity contribution in [3.63, 3.8) is 0 Å². The molecule has 1 atom stereocenters. The molecular formula is C14H10F6O6. The lowest BCUT2D eigenvalue weighted by molar-refractivity contribution is -0.207. The van der Waals surface area contributed by atoms with Crippen LogP contribution in [0.1, 0.15) is 5.56 Å². The van der Waals surface area contributed by atoms with Crippen LogP contribution in [0.2, 0.25) is 0 Å². The molecule has 0 aromatic heterocycles. The second-order valence-electron chi connectivity index (χ2n) is 4.65. The molecule has 1 rings (SSSR count). The summed E-state index contributed by atoms with van der Waals surface area (Å²) in [7, 11) is 0.858. The van der Waals surface area contributed by atoms with Gasteiger partial charge in [-0.15, -0.1) is 0 Å². The Bertz CT molecular complexity index is 664. The van der Waals surface area contributed by atoms with E-state index < -0.39 is 48.5 Å². The molecule has 0 spiro atoms. The zero-order valence-electron chi connectivity index (χ0n) is 12.8. The fourth-order valence-electron chi connectivity index (χ4n) is 1.57. The normalized spacial score (nSPS) is 12.9. The Kier molecular flexibility index (Phi) is 6.59. The van der Waals surface area contributed by atoms with Crippen molar-refractivity contribution in [2.45, 2.75) is 24.9 Å². The summed E-state index contributed by atoms with van der Waals surface area (Å²) < 4.78 is 85.2. The van der Waals surface area contributed by atoms with Gasteiger partial charge in [-0.05, 0) is 17.7 Å². The Morgan fingerprint density at radius 3 is 1.85 bits per heavy atom. The zero-order chi connectivity index (χ0) is 20.1. The van der Waals surface area contributed by atoms with Gasteiger partial charge in [0.2, 0.25) is 6.10 Å². The van der Waals surface area contributed by atoms with Crippen molar-refractivity contribution in [2.75, 3.05) is 7.11 Å². The number of ether oxygens (including phenoxy) is 3. The third kappa shape index (κ3) is 6.26. The summed E-state index contributed by atoms with van der Waals surface area (Å²) in [6.45, 7) is 0. The van der Waals surface area contributed by atoms with Crippen LogP contribution in [0.4, 0.5) is 26.3 Å². The Hall–Kier alpha value is -2.79. The van der Waals surface area contributed by atoms with Crippen LogP contribution >= 0.6 is 0 Å². The largest absolute Gasteiger partial charge is 0.491 e. The van der Waals surface area contributed by atoms with E-state index in [-0.39, 0.29) is 5.56 Å². The van der Waals surface area contributed by atoms with Gasteiger partial charge in [-0.25, -0.2) is 14.4 Å². The minimum atomic E-state index is -5.33. The van der Waals surface area contributed by atoms with Crippen molar-refractivity contribution in [3.05, 3.63) is 29.8 Å². The van der Waals surface area contributed by atoms with Crippen LogP contribution in [-0.2, 0) is 30.3 Å². The average Bonchev–Trinajstić information content (AvgIpc) is 2.53. The van der Waals surface area contributed by atoms with Gasteiger partial charge >= 0.3 is 30.3 Å². The van der Waals surface area contributed by atoms with Crippen LogP contribution in [0.25, 0.3) is 0 Å². The van der Waals surface area contributed by atoms with Crippen LogP contribution in [-0.4, -0.2) is 43.5 Å². The summed E-state index contributed by atoms with van der Waals surface area (Å²) in [6.07, 6.45) is -13.0. The summed E-state index contributed by atoms with van der Waals surface area (Å²) in [5, 5.41) is 0. The summed E-state index contributed by atoms with van der Waals surface area (Å²) in [5.41, 5.74) is 0.0992. The highest BCUT2D eigenvalue weighted by molar-refractivity contribution is 5.82. The summed E-state index contributed by atoms with van der Waals surface area (Å²) >= 11 is 0. The number of methoxy groups -OCH3 is 1. The van der Waals surface area contributed by atoms with E-state index in [0.717, 1.165) is 31.4 Å². The van der Waals surface area contributed by atoms with Gasteiger partial charge in [-0.1, -0.05) is 12.1 Å². The maximum Gasteiger partial charge on any atom is 0.491 e. The average molecular weight is 388 g/mol. The molecule has 144 valence electrons. The first-order valence-electron chi connectivity index (χ1n) is 6.58. The molecule has 0 saturated heterocycles. The molecular weight excluding hydrogens is 378 g/mol. The lowest BCUT2D eigenvalue weighted by Gasteiger charge is -2.17. The van der Waals surface area contributed by atoms with Gasteiger partial charge in [0.25, 0.3) is 0 Å². The van der Waals surface area contributed by atoms with E-state index in [0.29, 0.717) is 0 Å². The lowest BCUT2D eigenvalue weighted by Crippen LogP contribution is -2.36. The maximum absolute atomic E-state index is 12.2. The van der Waals surface area contributed by atoms with E-state index >= 15 is 0 Å². The van der Waals surface area contributed by atoms with Crippen molar-refractivity contribution < 1.29 is 54.9 Å². The second-order valence-corrected chi connectivity index (χ2v) is 4.65. The van der Waals surface area contributed by atoms with Crippen molar-refractivity contribution in [3.8, 4) is 5.75 Å². The number of hydrogen-bond acceptors (Lipinski definition) is 6. The molecule has 0 saturated carbocycles. The van der Waals surface area contributed by atoms with Crippen LogP contribution in [0.15, 0.2) is 24.3 Å². The van der Waals surface area contributed by atoms with Gasteiger partial charge < -0.3 is 14.2 Å². The van der Waals surface area contributed by atoms with Crippen molar-refractivity contribution >= 4 is 17.9 Å². The Labute approximate surface area is 141 Å². The summed E-state index contributed by atoms with van der Waals surface area (Å²) in [6, 6.07) is 3.96. The number of hydrogen-bond donors (Lipinski definition) is 0. The highest BCUT2D eigenvalue weighted by Gasteiger charge is 2.44. The van der Waals surface area contributed by atoms with E-state index in [1.54, 1.807) is 0 Å². The molecule has 0 bridgehead atoms. The number of esters is 3. The number of alkyl halides is 6. The van der Waals surface area contributed by atoms with E-state index in [9.17, 15) is 40.7 Å². The van der Waals surface area contributed by atoms with E-state index in [1.807, 2.05) is 0 Å². The van der Waals surface area contributed by atoms with Crippen LogP contribution in [0, 0.1) is 0 Å². The third-order valence-electron chi connectivity index (χ3n) is 2.73. The Morgan fingerprint density at radius 1 is 0.923 bits per heavy atom. The van der Waals surface area contributed by atoms with E-state index in [2.05, 4.69) is 14.2 Å². The molecule has 0 aliphatic heterocycles. The Balaban J connectivity index is 2.84. The molecule has 0 heterocycles. The Morgan fingerprint density at radius 2 is 1.42 bits per heavy atom. The number of rotatable bonds is 5. The van der Waals surface area contributed by atoms with E-state index in [1.165, 1.54) is 0 Å². The van der Waals surface area contributed by atoms with Crippen molar-refractivity contribution in [1.29, 1.82) is 0 Å². The third-order valence-corrected chi connectivity index (χ3v) is 2.73. The summed E-state index contributed by atoms with van der Waals surface area (Å²) in [4.78, 5) is 32.9. The molecule has 1 aromatic rings. The van der Waals surface area contributed by atoms with Crippen molar-refractivity contribution in [2.24, 2.45) is 0 Å². The smallest absolute Gasteiger partial charge is 0.466 e. The molecule has 6 nitrogen and oxygen atoms in total. The van der Waals surface area contributed by atoms with Gasteiger partial charge in [-0.3, -0.25) is 0 Å². The highest BCUT2D eigenvalue weighted by Crippen LogP contribution is 2.22. The molecule has 12 heteroatoms. The second kappa shape index (κ2) is 8.06. The topological polar surface area (TPSA) is 78.9 Å². The first kappa shape index (κ1) is 21.3. The van der Waals surface area contributed by atoms with Gasteiger partial charge in [-0.2, -0.15) is 26.3 Å². The number of carbonyl (C=O) groups is 3. The molecule has 0 amide bonds. The molecule has 0 fully saturated rings. The molecule has 1 aromatic carbocycles. The number of halogens is 6. The first-order valence-corrected chi connectivity index (χ1v) is 6.58. The molecule has 0 aliphatic rings. The number of benzene rings is 1. The van der Waals surface area contributed by atoms with Gasteiger partial charge in [0.15, 0.2) is 0 Å². The lowest BCUT2D eigenvalue weighted by atomic mass is 10.1. The predicted octanol–water partition coefficient (Wildman–Crippen LogP) is 2.34. The highest BCUT2D eigenvalue weighted by atomic mass is 19.4. The maximum atomic E-state index is 12.2. The van der Waals surface area contributed by atoms with Gasteiger partial charge in [0, 0.05) is 6.42 Å². The molecule has 0 radical (unpaired) electrons. The SMILES string of the molecule is COC(=O)C(Cc1ccc(OC(=O)C(F)(F)F)cc1)OC(=O)C(F)(F)F. The van der Waals surface area contributed by atoms with E-state index in [4.69, 9.17) is 0 Å². The first-order chi connectivity index (χ1) is 11.8. The minimum Gasteiger partial charge on any atom is -0.466 e. The van der Waals surface area contributed by atoms with Crippen LogP contribution in [0.3, 0.4) is 0 Å². The fraction of sp³-hybridized carbons (Fsp3) is 0.357. The fourth-order valence-corrected chi connectivity index (χ4v) is 1.57. The molecule has 26 heavy (non-hydrogen) atoms.